The van der Waals surface area contributed by atoms with E-state index in [4.69, 9.17) is 22.8 Å². The van der Waals surface area contributed by atoms with E-state index in [1.165, 1.54) is 0 Å². The van der Waals surface area contributed by atoms with Gasteiger partial charge in [-0.05, 0) is 48.6 Å². The molecule has 0 radical (unpaired) electrons. The van der Waals surface area contributed by atoms with E-state index >= 15 is 0 Å². The fourth-order valence-corrected chi connectivity index (χ4v) is 2.00. The fraction of sp³-hybridized carbons (Fsp3) is 0.333. The summed E-state index contributed by atoms with van der Waals surface area (Å²) in [7, 11) is 1.65. The van der Waals surface area contributed by atoms with Crippen molar-refractivity contribution in [2.75, 3.05) is 13.0 Å². The van der Waals surface area contributed by atoms with Crippen molar-refractivity contribution >= 4 is 17.7 Å². The molecule has 0 saturated carbocycles. The molecule has 1 unspecified atom stereocenters. The summed E-state index contributed by atoms with van der Waals surface area (Å²) in [4.78, 5) is 0. The van der Waals surface area contributed by atoms with E-state index in [0.29, 0.717) is 5.88 Å². The number of aliphatic hydroxyl groups excluding tert-OH is 1. The zero-order chi connectivity index (χ0) is 15.5. The molecule has 1 aromatic carbocycles. The molecule has 0 amide bonds. The normalized spacial score (nSPS) is 12.7. The molecule has 2 nitrogen and oxygen atoms in total. The van der Waals surface area contributed by atoms with Crippen LogP contribution in [0.3, 0.4) is 0 Å². The van der Waals surface area contributed by atoms with Crippen LogP contribution in [0.4, 0.5) is 0 Å². The van der Waals surface area contributed by atoms with E-state index in [2.05, 4.69) is 18.1 Å². The number of hydrogen-bond acceptors (Lipinski definition) is 2. The Morgan fingerprint density at radius 2 is 2.14 bits per heavy atom. The molecule has 0 saturated heterocycles. The molecular formula is C18H21ClO2. The monoisotopic (exact) mass is 304 g/mol. The maximum Gasteiger partial charge on any atom is 0.133 e. The first kappa shape index (κ1) is 17.4. The molecule has 0 bridgehead atoms. The standard InChI is InChI=1S/C18H21ClO2/c1-3-17(20)11-9-15-10-12-18(21-2)14-16(15)8-6-4-5-7-13-19/h1,4-5,9-12,14,17,20H,6-8,13H2,2H3/b5-4-,11-9+. The number of rotatable bonds is 8. The summed E-state index contributed by atoms with van der Waals surface area (Å²) in [6.07, 6.45) is 14.7. The lowest BCUT2D eigenvalue weighted by Crippen LogP contribution is -1.97. The number of terminal acetylenes is 1. The molecule has 3 heteroatoms. The number of ether oxygens (including phenoxy) is 1. The van der Waals surface area contributed by atoms with Crippen LogP contribution in [0.15, 0.2) is 36.4 Å². The first-order valence-electron chi connectivity index (χ1n) is 6.91. The minimum Gasteiger partial charge on any atom is -0.497 e. The van der Waals surface area contributed by atoms with Crippen molar-refractivity contribution in [3.8, 4) is 18.1 Å². The molecule has 21 heavy (non-hydrogen) atoms. The van der Waals surface area contributed by atoms with Gasteiger partial charge < -0.3 is 9.84 Å². The zero-order valence-electron chi connectivity index (χ0n) is 12.3. The van der Waals surface area contributed by atoms with Gasteiger partial charge in [-0.2, -0.15) is 0 Å². The number of benzene rings is 1. The number of aryl methyl sites for hydroxylation is 1. The Hall–Kier alpha value is -1.69. The molecule has 112 valence electrons. The van der Waals surface area contributed by atoms with Gasteiger partial charge in [0.2, 0.25) is 0 Å². The second-order valence-electron chi connectivity index (χ2n) is 4.52. The average molecular weight is 305 g/mol. The van der Waals surface area contributed by atoms with Crippen molar-refractivity contribution in [3.05, 3.63) is 47.6 Å². The van der Waals surface area contributed by atoms with Gasteiger partial charge in [0.05, 0.1) is 7.11 Å². The molecule has 0 aliphatic carbocycles. The number of aliphatic hydroxyl groups is 1. The highest BCUT2D eigenvalue weighted by molar-refractivity contribution is 6.17. The molecule has 0 fully saturated rings. The smallest absolute Gasteiger partial charge is 0.133 e. The van der Waals surface area contributed by atoms with Crippen LogP contribution >= 0.6 is 11.6 Å². The van der Waals surface area contributed by atoms with Gasteiger partial charge >= 0.3 is 0 Å². The summed E-state index contributed by atoms with van der Waals surface area (Å²) >= 11 is 5.63. The first-order chi connectivity index (χ1) is 10.2. The fourth-order valence-electron chi connectivity index (χ4n) is 1.88. The number of methoxy groups -OCH3 is 1. The van der Waals surface area contributed by atoms with Gasteiger partial charge in [0, 0.05) is 5.88 Å². The van der Waals surface area contributed by atoms with Crippen LogP contribution in [0.25, 0.3) is 6.08 Å². The lowest BCUT2D eigenvalue weighted by molar-refractivity contribution is 0.282. The lowest BCUT2D eigenvalue weighted by Gasteiger charge is -2.08. The van der Waals surface area contributed by atoms with Crippen molar-refractivity contribution in [1.82, 2.24) is 0 Å². The molecule has 0 aliphatic rings. The van der Waals surface area contributed by atoms with Crippen LogP contribution in [-0.2, 0) is 6.42 Å². The molecule has 0 spiro atoms. The first-order valence-corrected chi connectivity index (χ1v) is 7.45. The van der Waals surface area contributed by atoms with Crippen molar-refractivity contribution in [2.45, 2.75) is 25.4 Å². The largest absolute Gasteiger partial charge is 0.497 e. The number of alkyl halides is 1. The van der Waals surface area contributed by atoms with Gasteiger partial charge in [0.25, 0.3) is 0 Å². The quantitative estimate of drug-likeness (QED) is 0.449. The topological polar surface area (TPSA) is 29.5 Å². The minimum absolute atomic E-state index is 0.646. The van der Waals surface area contributed by atoms with E-state index in [-0.39, 0.29) is 0 Å². The van der Waals surface area contributed by atoms with Crippen molar-refractivity contribution in [1.29, 1.82) is 0 Å². The van der Waals surface area contributed by atoms with Crippen molar-refractivity contribution in [3.63, 3.8) is 0 Å². The molecule has 0 heterocycles. The Balaban J connectivity index is 2.82. The summed E-state index contributed by atoms with van der Waals surface area (Å²) in [5.41, 5.74) is 2.20. The highest BCUT2D eigenvalue weighted by Crippen LogP contribution is 2.21. The maximum absolute atomic E-state index is 9.41. The predicted octanol–water partition coefficient (Wildman–Crippen LogP) is 3.82. The number of allylic oxidation sites excluding steroid dienone is 2. The molecule has 1 rings (SSSR count). The Kier molecular flexibility index (Phi) is 8.35. The Morgan fingerprint density at radius 3 is 2.81 bits per heavy atom. The third-order valence-corrected chi connectivity index (χ3v) is 3.22. The summed E-state index contributed by atoms with van der Waals surface area (Å²) in [5, 5.41) is 9.41. The van der Waals surface area contributed by atoms with Gasteiger partial charge in [0.15, 0.2) is 0 Å². The minimum atomic E-state index is -0.858. The Bertz CT molecular complexity index is 527. The third-order valence-electron chi connectivity index (χ3n) is 3.00. The summed E-state index contributed by atoms with van der Waals surface area (Å²) in [5.74, 6) is 3.73. The molecule has 1 aromatic rings. The van der Waals surface area contributed by atoms with Gasteiger partial charge in [0.1, 0.15) is 11.9 Å². The van der Waals surface area contributed by atoms with Crippen LogP contribution in [-0.4, -0.2) is 24.2 Å². The Morgan fingerprint density at radius 1 is 1.38 bits per heavy atom. The van der Waals surface area contributed by atoms with Crippen molar-refractivity contribution < 1.29 is 9.84 Å². The van der Waals surface area contributed by atoms with Gasteiger partial charge in [-0.15, -0.1) is 18.0 Å². The highest BCUT2D eigenvalue weighted by atomic mass is 35.5. The average Bonchev–Trinajstić information content (AvgIpc) is 2.52. The second-order valence-corrected chi connectivity index (χ2v) is 4.90. The summed E-state index contributed by atoms with van der Waals surface area (Å²) in [6.45, 7) is 0. The molecule has 1 atom stereocenters. The molecular weight excluding hydrogens is 284 g/mol. The summed E-state index contributed by atoms with van der Waals surface area (Å²) < 4.78 is 5.26. The molecule has 1 N–H and O–H groups in total. The molecule has 0 aromatic heterocycles. The van der Waals surface area contributed by atoms with Crippen LogP contribution in [0.5, 0.6) is 5.75 Å². The van der Waals surface area contributed by atoms with E-state index in [1.807, 2.05) is 24.3 Å². The van der Waals surface area contributed by atoms with Gasteiger partial charge in [-0.25, -0.2) is 0 Å². The van der Waals surface area contributed by atoms with E-state index < -0.39 is 6.10 Å². The van der Waals surface area contributed by atoms with Crippen LogP contribution in [0, 0.1) is 12.3 Å². The Labute approximate surface area is 132 Å². The zero-order valence-corrected chi connectivity index (χ0v) is 13.0. The lowest BCUT2D eigenvalue weighted by atomic mass is 10.0. The summed E-state index contributed by atoms with van der Waals surface area (Å²) in [6, 6.07) is 5.88. The van der Waals surface area contributed by atoms with E-state index in [1.54, 1.807) is 13.2 Å². The third kappa shape index (κ3) is 6.53. The molecule has 0 aliphatic heterocycles. The second kappa shape index (κ2) is 10.1. The van der Waals surface area contributed by atoms with Crippen LogP contribution in [0.1, 0.15) is 24.0 Å². The highest BCUT2D eigenvalue weighted by Gasteiger charge is 2.02. The maximum atomic E-state index is 9.41. The van der Waals surface area contributed by atoms with Gasteiger partial charge in [-0.1, -0.05) is 30.2 Å². The van der Waals surface area contributed by atoms with Crippen molar-refractivity contribution in [2.24, 2.45) is 0 Å². The predicted molar refractivity (Wildman–Crippen MR) is 89.7 cm³/mol. The SMILES string of the molecule is C#CC(O)/C=C/c1ccc(OC)cc1CC/C=C\CCCl. The van der Waals surface area contributed by atoms with Gasteiger partial charge in [-0.3, -0.25) is 0 Å². The van der Waals surface area contributed by atoms with E-state index in [9.17, 15) is 5.11 Å². The van der Waals surface area contributed by atoms with E-state index in [0.717, 1.165) is 36.1 Å². The van der Waals surface area contributed by atoms with Crippen LogP contribution < -0.4 is 4.74 Å². The number of hydrogen-bond donors (Lipinski definition) is 1. The number of halogens is 1. The van der Waals surface area contributed by atoms with Crippen LogP contribution in [0.2, 0.25) is 0 Å².